The van der Waals surface area contributed by atoms with Gasteiger partial charge in [-0.25, -0.2) is 0 Å². The number of pyridine rings is 2. The molecule has 0 spiro atoms. The second-order valence-corrected chi connectivity index (χ2v) is 2.43. The maximum absolute atomic E-state index is 4.19. The molecule has 2 nitrogen and oxygen atoms in total. The fraction of sp³-hybridized carbons (Fsp3) is 0. The summed E-state index contributed by atoms with van der Waals surface area (Å²) in [7, 11) is 0. The molecule has 0 amide bonds. The molecule has 82 valence electrons. The van der Waals surface area contributed by atoms with Crippen molar-refractivity contribution in [2.75, 3.05) is 0 Å². The molecule has 0 unspecified atom stereocenters. The fourth-order valence-electron chi connectivity index (χ4n) is 1.03. The molecule has 2 rings (SSSR count). The van der Waals surface area contributed by atoms with Gasteiger partial charge in [0.1, 0.15) is 0 Å². The van der Waals surface area contributed by atoms with Gasteiger partial charge in [-0.2, -0.15) is 0 Å². The van der Waals surface area contributed by atoms with Gasteiger partial charge in [0.25, 0.3) is 0 Å². The zero-order valence-corrected chi connectivity index (χ0v) is 13.5. The van der Waals surface area contributed by atoms with Crippen molar-refractivity contribution < 1.29 is 68.4 Å². The van der Waals surface area contributed by atoms with Crippen LogP contribution in [0.5, 0.6) is 0 Å². The van der Waals surface area contributed by atoms with Gasteiger partial charge in [-0.05, 0) is 24.3 Å². The first-order valence-corrected chi connectivity index (χ1v) is 3.79. The normalized spacial score (nSPS) is 7.73. The van der Waals surface area contributed by atoms with E-state index in [2.05, 4.69) is 9.97 Å². The van der Waals surface area contributed by atoms with Crippen LogP contribution < -0.4 is 48.0 Å². The molecule has 0 atom stereocenters. The summed E-state index contributed by atoms with van der Waals surface area (Å²) in [6.45, 7) is 0. The van der Waals surface area contributed by atoms with Crippen LogP contribution >= 0.6 is 0 Å². The van der Waals surface area contributed by atoms with Gasteiger partial charge < -0.3 is 48.0 Å². The number of halogens is 2. The third kappa shape index (κ3) is 5.34. The van der Waals surface area contributed by atoms with Gasteiger partial charge in [-0.15, -0.1) is 0 Å². The van der Waals surface area contributed by atoms with Crippen molar-refractivity contribution in [2.24, 2.45) is 0 Å². The van der Waals surface area contributed by atoms with E-state index >= 15 is 0 Å². The first kappa shape index (κ1) is 17.8. The number of rotatable bonds is 1. The Bertz CT molecular complexity index is 319. The molecule has 5 heteroatoms. The van der Waals surface area contributed by atoms with Crippen molar-refractivity contribution in [1.82, 2.24) is 9.97 Å². The second kappa shape index (κ2) is 9.63. The van der Waals surface area contributed by atoms with Gasteiger partial charge in [0.15, 0.2) is 0 Å². The van der Waals surface area contributed by atoms with Crippen molar-refractivity contribution in [3.05, 3.63) is 48.8 Å². The quantitative estimate of drug-likeness (QED) is 0.287. The summed E-state index contributed by atoms with van der Waals surface area (Å²) in [5, 5.41) is 0. The Morgan fingerprint density at radius 2 is 1.07 bits per heavy atom. The van der Waals surface area contributed by atoms with Gasteiger partial charge in [0.05, 0.1) is 11.4 Å². The molecule has 0 radical (unpaired) electrons. The maximum Gasteiger partial charge on any atom is 2.00 e. The van der Waals surface area contributed by atoms with Crippen molar-refractivity contribution in [3.8, 4) is 11.4 Å². The zero-order valence-electron chi connectivity index (χ0n) is 7.59. The van der Waals surface area contributed by atoms with Gasteiger partial charge in [-0.3, -0.25) is 9.97 Å². The molecular weight excluding hydrogens is 508 g/mol. The number of hydrogen-bond donors (Lipinski definition) is 0. The van der Waals surface area contributed by atoms with E-state index in [0.29, 0.717) is 0 Å². The third-order valence-electron chi connectivity index (χ3n) is 1.59. The topological polar surface area (TPSA) is 25.8 Å². The Balaban J connectivity index is 0. The summed E-state index contributed by atoms with van der Waals surface area (Å²) < 4.78 is 0. The minimum absolute atomic E-state index is 0. The third-order valence-corrected chi connectivity index (χ3v) is 1.59. The molecule has 2 heterocycles. The van der Waals surface area contributed by atoms with E-state index in [4.69, 9.17) is 0 Å². The van der Waals surface area contributed by atoms with Crippen molar-refractivity contribution in [3.63, 3.8) is 0 Å². The van der Waals surface area contributed by atoms with E-state index in [-0.39, 0.29) is 68.4 Å². The molecule has 15 heavy (non-hydrogen) atoms. The van der Waals surface area contributed by atoms with E-state index in [1.54, 1.807) is 12.4 Å². The van der Waals surface area contributed by atoms with Crippen LogP contribution in [-0.4, -0.2) is 9.97 Å². The van der Waals surface area contributed by atoms with E-state index in [9.17, 15) is 0 Å². The Morgan fingerprint density at radius 1 is 0.667 bits per heavy atom. The van der Waals surface area contributed by atoms with Crippen LogP contribution in [0, 0.1) is 0 Å². The minimum atomic E-state index is 0. The zero-order chi connectivity index (χ0) is 8.23. The Morgan fingerprint density at radius 3 is 1.33 bits per heavy atom. The molecule has 0 aliphatic heterocycles. The van der Waals surface area contributed by atoms with E-state index in [1.807, 2.05) is 36.4 Å². The van der Waals surface area contributed by atoms with Gasteiger partial charge in [0, 0.05) is 12.4 Å². The molecular formula is C10H8I2N2Pd. The summed E-state index contributed by atoms with van der Waals surface area (Å²) in [6.07, 6.45) is 3.54. The maximum atomic E-state index is 4.19. The summed E-state index contributed by atoms with van der Waals surface area (Å²) in [5.41, 5.74) is 1.83. The molecule has 0 saturated heterocycles. The summed E-state index contributed by atoms with van der Waals surface area (Å²) >= 11 is 0. The van der Waals surface area contributed by atoms with Crippen LogP contribution in [0.25, 0.3) is 11.4 Å². The van der Waals surface area contributed by atoms with E-state index < -0.39 is 0 Å². The van der Waals surface area contributed by atoms with Gasteiger partial charge in [-0.1, -0.05) is 12.1 Å². The predicted molar refractivity (Wildman–Crippen MR) is 47.5 cm³/mol. The van der Waals surface area contributed by atoms with Crippen LogP contribution in [0.15, 0.2) is 48.8 Å². The number of nitrogens with zero attached hydrogens (tertiary/aromatic N) is 2. The SMILES string of the molecule is [I-].[I-].[Pd+2].c1ccc(-c2ccccn2)nc1. The monoisotopic (exact) mass is 516 g/mol. The molecule has 0 saturated carbocycles. The van der Waals surface area contributed by atoms with Crippen molar-refractivity contribution in [2.45, 2.75) is 0 Å². The van der Waals surface area contributed by atoms with Gasteiger partial charge in [0.2, 0.25) is 0 Å². The Kier molecular flexibility index (Phi) is 11.4. The molecule has 0 N–H and O–H groups in total. The summed E-state index contributed by atoms with van der Waals surface area (Å²) in [6, 6.07) is 11.6. The number of aromatic nitrogens is 2. The second-order valence-electron chi connectivity index (χ2n) is 2.43. The van der Waals surface area contributed by atoms with E-state index in [0.717, 1.165) is 11.4 Å². The first-order valence-electron chi connectivity index (χ1n) is 3.79. The standard InChI is InChI=1S/C10H8N2.2HI.Pd/c1-3-7-11-9(5-1)10-6-2-4-8-12-10;;;/h1-8H;2*1H;/q;;;+2/p-2. The molecule has 0 bridgehead atoms. The fourth-order valence-corrected chi connectivity index (χ4v) is 1.03. The Hall–Kier alpha value is 0.422. The Labute approximate surface area is 137 Å². The first-order chi connectivity index (χ1) is 5.97. The molecule has 2 aromatic rings. The van der Waals surface area contributed by atoms with Crippen LogP contribution in [-0.2, 0) is 20.4 Å². The van der Waals surface area contributed by atoms with Crippen LogP contribution in [0.2, 0.25) is 0 Å². The minimum Gasteiger partial charge on any atom is -1.00 e. The van der Waals surface area contributed by atoms with Crippen molar-refractivity contribution in [1.29, 1.82) is 0 Å². The molecule has 0 aliphatic rings. The van der Waals surface area contributed by atoms with Gasteiger partial charge >= 0.3 is 20.4 Å². The van der Waals surface area contributed by atoms with E-state index in [1.165, 1.54) is 0 Å². The molecule has 2 aromatic heterocycles. The van der Waals surface area contributed by atoms with Crippen LogP contribution in [0.4, 0.5) is 0 Å². The summed E-state index contributed by atoms with van der Waals surface area (Å²) in [4.78, 5) is 8.37. The predicted octanol–water partition coefficient (Wildman–Crippen LogP) is -3.85. The molecule has 0 fully saturated rings. The smallest absolute Gasteiger partial charge is 1.00 e. The average molecular weight is 516 g/mol. The van der Waals surface area contributed by atoms with Crippen LogP contribution in [0.1, 0.15) is 0 Å². The molecule has 0 aromatic carbocycles. The largest absolute Gasteiger partial charge is 2.00 e. The van der Waals surface area contributed by atoms with Crippen molar-refractivity contribution >= 4 is 0 Å². The average Bonchev–Trinajstić information content (AvgIpc) is 2.21. The molecule has 0 aliphatic carbocycles. The van der Waals surface area contributed by atoms with Crippen LogP contribution in [0.3, 0.4) is 0 Å². The number of hydrogen-bond acceptors (Lipinski definition) is 2. The summed E-state index contributed by atoms with van der Waals surface area (Å²) in [5.74, 6) is 0.